The lowest BCUT2D eigenvalue weighted by Gasteiger charge is -2.24. The Morgan fingerprint density at radius 3 is 2.81 bits per heavy atom. The van der Waals surface area contributed by atoms with E-state index >= 15 is 0 Å². The van der Waals surface area contributed by atoms with E-state index in [0.29, 0.717) is 30.0 Å². The van der Waals surface area contributed by atoms with Gasteiger partial charge in [0.2, 0.25) is 0 Å². The third-order valence-electron chi connectivity index (χ3n) is 3.35. The normalized spacial score (nSPS) is 11.4. The smallest absolute Gasteiger partial charge is 0.255 e. The first kappa shape index (κ1) is 17.2. The molecule has 21 heavy (non-hydrogen) atoms. The van der Waals surface area contributed by atoms with Crippen LogP contribution >= 0.6 is 0 Å². The molecule has 1 unspecified atom stereocenters. The maximum Gasteiger partial charge on any atom is 0.255 e. The minimum atomic E-state index is -0.00360. The van der Waals surface area contributed by atoms with E-state index in [1.54, 1.807) is 18.5 Å². The lowest BCUT2D eigenvalue weighted by molar-refractivity contribution is 0.0740. The largest absolute Gasteiger partial charge is 0.395 e. The Kier molecular flexibility index (Phi) is 7.49. The molecule has 1 N–H and O–H groups in total. The van der Waals surface area contributed by atoms with Crippen molar-refractivity contribution in [1.29, 1.82) is 0 Å². The molecule has 1 heterocycles. The minimum Gasteiger partial charge on any atom is -0.395 e. The fourth-order valence-electron chi connectivity index (χ4n) is 1.89. The van der Waals surface area contributed by atoms with Crippen molar-refractivity contribution in [1.82, 2.24) is 9.88 Å². The highest BCUT2D eigenvalue weighted by atomic mass is 16.2. The summed E-state index contributed by atoms with van der Waals surface area (Å²) in [5.74, 6) is 6.22. The molecule has 0 radical (unpaired) electrons. The van der Waals surface area contributed by atoms with Gasteiger partial charge in [0.15, 0.2) is 0 Å². The van der Waals surface area contributed by atoms with Crippen molar-refractivity contribution in [3.05, 3.63) is 29.6 Å². The SMILES string of the molecule is CCC(C)CN(CC)C(=O)c1cncc(C#CCCO)c1. The second kappa shape index (κ2) is 9.15. The zero-order valence-corrected chi connectivity index (χ0v) is 13.1. The quantitative estimate of drug-likeness (QED) is 0.817. The Hall–Kier alpha value is -1.86. The number of rotatable bonds is 6. The van der Waals surface area contributed by atoms with Crippen LogP contribution in [0.25, 0.3) is 0 Å². The molecule has 0 aromatic carbocycles. The fourth-order valence-corrected chi connectivity index (χ4v) is 1.89. The second-order valence-corrected chi connectivity index (χ2v) is 5.09. The first-order chi connectivity index (χ1) is 10.1. The first-order valence-corrected chi connectivity index (χ1v) is 7.46. The number of aromatic nitrogens is 1. The van der Waals surface area contributed by atoms with E-state index in [2.05, 4.69) is 30.7 Å². The van der Waals surface area contributed by atoms with Gasteiger partial charge in [-0.25, -0.2) is 0 Å². The molecule has 0 saturated heterocycles. The third kappa shape index (κ3) is 5.57. The Morgan fingerprint density at radius 1 is 1.43 bits per heavy atom. The molecule has 0 bridgehead atoms. The van der Waals surface area contributed by atoms with Crippen LogP contribution in [0.4, 0.5) is 0 Å². The Morgan fingerprint density at radius 2 is 2.19 bits per heavy atom. The maximum atomic E-state index is 12.5. The van der Waals surface area contributed by atoms with Crippen LogP contribution in [0.5, 0.6) is 0 Å². The zero-order valence-electron chi connectivity index (χ0n) is 13.1. The minimum absolute atomic E-state index is 0.00360. The highest BCUT2D eigenvalue weighted by Crippen LogP contribution is 2.10. The van der Waals surface area contributed by atoms with Crippen LogP contribution in [0.15, 0.2) is 18.5 Å². The van der Waals surface area contributed by atoms with Crippen molar-refractivity contribution in [3.63, 3.8) is 0 Å². The van der Waals surface area contributed by atoms with Gasteiger partial charge in [-0.3, -0.25) is 9.78 Å². The highest BCUT2D eigenvalue weighted by Gasteiger charge is 2.16. The highest BCUT2D eigenvalue weighted by molar-refractivity contribution is 5.94. The fraction of sp³-hybridized carbons (Fsp3) is 0.529. The number of aliphatic hydroxyl groups excluding tert-OH is 1. The Bertz CT molecular complexity index is 517. The van der Waals surface area contributed by atoms with Gasteiger partial charge in [0, 0.05) is 37.5 Å². The number of carbonyl (C=O) groups is 1. The predicted octanol–water partition coefficient (Wildman–Crippen LogP) is 2.32. The van der Waals surface area contributed by atoms with Crippen LogP contribution in [0, 0.1) is 17.8 Å². The Labute approximate surface area is 127 Å². The summed E-state index contributed by atoms with van der Waals surface area (Å²) in [6.07, 6.45) is 4.69. The van der Waals surface area contributed by atoms with E-state index in [9.17, 15) is 4.79 Å². The summed E-state index contributed by atoms with van der Waals surface area (Å²) < 4.78 is 0. The van der Waals surface area contributed by atoms with Gasteiger partial charge in [-0.05, 0) is 18.9 Å². The number of pyridine rings is 1. The first-order valence-electron chi connectivity index (χ1n) is 7.46. The average molecular weight is 288 g/mol. The molecule has 1 amide bonds. The molecule has 0 fully saturated rings. The third-order valence-corrected chi connectivity index (χ3v) is 3.35. The molecule has 4 heteroatoms. The van der Waals surface area contributed by atoms with E-state index in [1.807, 2.05) is 11.8 Å². The zero-order chi connectivity index (χ0) is 15.7. The summed E-state index contributed by atoms with van der Waals surface area (Å²) in [5, 5.41) is 8.72. The summed E-state index contributed by atoms with van der Waals surface area (Å²) in [5.41, 5.74) is 1.27. The van der Waals surface area contributed by atoms with Crippen LogP contribution < -0.4 is 0 Å². The number of hydrogen-bond donors (Lipinski definition) is 1. The molecule has 1 rings (SSSR count). The Balaban J connectivity index is 2.86. The van der Waals surface area contributed by atoms with Crippen LogP contribution in [-0.4, -0.2) is 40.6 Å². The van der Waals surface area contributed by atoms with Gasteiger partial charge in [-0.15, -0.1) is 0 Å². The molecule has 1 aromatic rings. The van der Waals surface area contributed by atoms with Gasteiger partial charge in [-0.2, -0.15) is 0 Å². The van der Waals surface area contributed by atoms with E-state index in [-0.39, 0.29) is 12.5 Å². The molecule has 1 atom stereocenters. The van der Waals surface area contributed by atoms with Crippen molar-refractivity contribution in [2.75, 3.05) is 19.7 Å². The van der Waals surface area contributed by atoms with Gasteiger partial charge in [0.1, 0.15) is 0 Å². The van der Waals surface area contributed by atoms with E-state index in [0.717, 1.165) is 13.0 Å². The van der Waals surface area contributed by atoms with Gasteiger partial charge in [-0.1, -0.05) is 32.1 Å². The summed E-state index contributed by atoms with van der Waals surface area (Å²) in [7, 11) is 0. The van der Waals surface area contributed by atoms with Crippen molar-refractivity contribution >= 4 is 5.91 Å². The molecule has 0 aliphatic carbocycles. The number of nitrogens with zero attached hydrogens (tertiary/aromatic N) is 2. The molecular weight excluding hydrogens is 264 g/mol. The molecular formula is C17H24N2O2. The second-order valence-electron chi connectivity index (χ2n) is 5.09. The predicted molar refractivity (Wildman–Crippen MR) is 83.9 cm³/mol. The molecule has 114 valence electrons. The monoisotopic (exact) mass is 288 g/mol. The van der Waals surface area contributed by atoms with Crippen molar-refractivity contribution in [3.8, 4) is 11.8 Å². The van der Waals surface area contributed by atoms with E-state index in [1.165, 1.54) is 0 Å². The van der Waals surface area contributed by atoms with Gasteiger partial charge >= 0.3 is 0 Å². The summed E-state index contributed by atoms with van der Waals surface area (Å²) in [6.45, 7) is 7.74. The molecule has 0 saturated carbocycles. The number of aliphatic hydroxyl groups is 1. The number of hydrogen-bond acceptors (Lipinski definition) is 3. The van der Waals surface area contributed by atoms with E-state index in [4.69, 9.17) is 5.11 Å². The maximum absolute atomic E-state index is 12.5. The number of carbonyl (C=O) groups excluding carboxylic acids is 1. The number of amides is 1. The molecule has 0 aliphatic rings. The van der Waals surface area contributed by atoms with Crippen LogP contribution in [-0.2, 0) is 0 Å². The van der Waals surface area contributed by atoms with E-state index < -0.39 is 0 Å². The van der Waals surface area contributed by atoms with Crippen molar-refractivity contribution < 1.29 is 9.90 Å². The van der Waals surface area contributed by atoms with Gasteiger partial charge < -0.3 is 10.0 Å². The molecule has 0 aliphatic heterocycles. The van der Waals surface area contributed by atoms with Gasteiger partial charge in [0.25, 0.3) is 5.91 Å². The summed E-state index contributed by atoms with van der Waals surface area (Å²) in [4.78, 5) is 18.4. The standard InChI is InChI=1S/C17H24N2O2/c1-4-14(3)13-19(5-2)17(21)16-10-15(11-18-12-16)8-6-7-9-20/h10-12,14,20H,4-5,7,9,13H2,1-3H3. The van der Waals surface area contributed by atoms with Crippen LogP contribution in [0.2, 0.25) is 0 Å². The molecule has 1 aromatic heterocycles. The van der Waals surface area contributed by atoms with Crippen LogP contribution in [0.3, 0.4) is 0 Å². The molecule has 0 spiro atoms. The summed E-state index contributed by atoms with van der Waals surface area (Å²) in [6, 6.07) is 1.76. The average Bonchev–Trinajstić information content (AvgIpc) is 2.52. The molecule has 4 nitrogen and oxygen atoms in total. The van der Waals surface area contributed by atoms with Crippen molar-refractivity contribution in [2.45, 2.75) is 33.6 Å². The lowest BCUT2D eigenvalue weighted by Crippen LogP contribution is -2.34. The summed E-state index contributed by atoms with van der Waals surface area (Å²) >= 11 is 0. The van der Waals surface area contributed by atoms with Crippen molar-refractivity contribution in [2.24, 2.45) is 5.92 Å². The topological polar surface area (TPSA) is 53.4 Å². The lowest BCUT2D eigenvalue weighted by atomic mass is 10.1. The van der Waals surface area contributed by atoms with Gasteiger partial charge in [0.05, 0.1) is 12.2 Å². The van der Waals surface area contributed by atoms with Crippen LogP contribution in [0.1, 0.15) is 49.5 Å².